The summed E-state index contributed by atoms with van der Waals surface area (Å²) in [5, 5.41) is 12.0. The first-order valence-electron chi connectivity index (χ1n) is 6.57. The van der Waals surface area contributed by atoms with Crippen LogP contribution in [0, 0.1) is 10.8 Å². The van der Waals surface area contributed by atoms with E-state index in [2.05, 4.69) is 25.7 Å². The maximum absolute atomic E-state index is 12.0. The number of likely N-dealkylation sites (tertiary alicyclic amines) is 1. The van der Waals surface area contributed by atoms with Crippen molar-refractivity contribution in [2.75, 3.05) is 19.6 Å². The monoisotopic (exact) mass is 268 g/mol. The van der Waals surface area contributed by atoms with Crippen molar-refractivity contribution < 1.29 is 14.7 Å². The van der Waals surface area contributed by atoms with E-state index in [4.69, 9.17) is 5.11 Å². The number of carboxylic acids is 1. The lowest BCUT2D eigenvalue weighted by molar-refractivity contribution is -0.147. The number of carboxylic acid groups (broad SMARTS) is 1. The minimum atomic E-state index is -0.838. The van der Waals surface area contributed by atoms with E-state index in [-0.39, 0.29) is 18.0 Å². The van der Waals surface area contributed by atoms with Crippen molar-refractivity contribution in [2.24, 2.45) is 10.8 Å². The van der Waals surface area contributed by atoms with Crippen molar-refractivity contribution >= 4 is 12.0 Å². The van der Waals surface area contributed by atoms with E-state index >= 15 is 0 Å². The molecule has 0 aliphatic carbocycles. The quantitative estimate of drug-likeness (QED) is 0.750. The van der Waals surface area contributed by atoms with Crippen LogP contribution < -0.4 is 5.32 Å². The molecule has 5 nitrogen and oxygen atoms in total. The van der Waals surface area contributed by atoms with E-state index in [1.54, 1.807) is 11.8 Å². The molecule has 0 aromatic carbocycles. The minimum absolute atomic E-state index is 0.0345. The summed E-state index contributed by atoms with van der Waals surface area (Å²) in [6.45, 7) is 10.8. The Kier molecular flexibility index (Phi) is 4.61. The molecule has 1 aliphatic heterocycles. The fourth-order valence-electron chi connectivity index (χ4n) is 2.20. The van der Waals surface area contributed by atoms with Gasteiger partial charge in [0.25, 0.3) is 0 Å². The van der Waals surface area contributed by atoms with Gasteiger partial charge in [0.05, 0.1) is 5.41 Å². The molecule has 1 atom stereocenters. The first kappa shape index (κ1) is 15.5. The van der Waals surface area contributed by atoms with E-state index < -0.39 is 11.4 Å². The van der Waals surface area contributed by atoms with Gasteiger partial charge in [0.15, 0.2) is 0 Å². The number of hydrogen-bond donors (Lipinski definition) is 2. The average molecular weight is 268 g/mol. The minimum Gasteiger partial charge on any atom is -0.481 e. The zero-order valence-corrected chi connectivity index (χ0v) is 12.0. The van der Waals surface area contributed by atoms with Crippen LogP contribution in [0.5, 0.6) is 0 Å². The Bertz CT molecular complexity index is 379. The molecule has 5 heteroatoms. The van der Waals surface area contributed by atoms with Gasteiger partial charge in [-0.1, -0.05) is 19.9 Å². The summed E-state index contributed by atoms with van der Waals surface area (Å²) in [5.41, 5.74) is -0.846. The van der Waals surface area contributed by atoms with Gasteiger partial charge in [-0.15, -0.1) is 6.58 Å². The van der Waals surface area contributed by atoms with Crippen LogP contribution in [0.4, 0.5) is 4.79 Å². The van der Waals surface area contributed by atoms with Crippen molar-refractivity contribution in [2.45, 2.75) is 33.6 Å². The number of nitrogens with one attached hydrogen (secondary N) is 1. The van der Waals surface area contributed by atoms with Gasteiger partial charge in [0.2, 0.25) is 0 Å². The van der Waals surface area contributed by atoms with E-state index in [0.717, 1.165) is 6.42 Å². The maximum Gasteiger partial charge on any atom is 0.317 e. The topological polar surface area (TPSA) is 69.6 Å². The number of carbonyl (C=O) groups excluding carboxylic acids is 1. The van der Waals surface area contributed by atoms with E-state index in [0.29, 0.717) is 19.5 Å². The standard InChI is InChI=1S/C14H24N2O3/c1-5-6-13(2,3)9-15-12(19)16-8-7-14(4,10-16)11(17)18/h5H,1,6-10H2,2-4H3,(H,15,19)(H,17,18). The summed E-state index contributed by atoms with van der Waals surface area (Å²) >= 11 is 0. The molecule has 1 fully saturated rings. The lowest BCUT2D eigenvalue weighted by atomic mass is 9.89. The Balaban J connectivity index is 2.48. The second kappa shape index (κ2) is 5.63. The molecule has 0 aromatic rings. The third-order valence-corrected chi connectivity index (χ3v) is 3.69. The van der Waals surface area contributed by atoms with E-state index in [1.807, 2.05) is 6.08 Å². The smallest absolute Gasteiger partial charge is 0.317 e. The Labute approximate surface area is 114 Å². The number of aliphatic carboxylic acids is 1. The lowest BCUT2D eigenvalue weighted by Gasteiger charge is -2.26. The first-order chi connectivity index (χ1) is 8.70. The van der Waals surface area contributed by atoms with Gasteiger partial charge in [-0.2, -0.15) is 0 Å². The highest BCUT2D eigenvalue weighted by molar-refractivity contribution is 5.79. The van der Waals surface area contributed by atoms with Crippen LogP contribution >= 0.6 is 0 Å². The van der Waals surface area contributed by atoms with Crippen LogP contribution in [0.1, 0.15) is 33.6 Å². The molecule has 2 amide bonds. The van der Waals surface area contributed by atoms with Gasteiger partial charge >= 0.3 is 12.0 Å². The van der Waals surface area contributed by atoms with Crippen LogP contribution in [-0.2, 0) is 4.79 Å². The number of carbonyl (C=O) groups is 2. The number of nitrogens with zero attached hydrogens (tertiary/aromatic N) is 1. The summed E-state index contributed by atoms with van der Waals surface area (Å²) in [6.07, 6.45) is 3.16. The fourth-order valence-corrected chi connectivity index (χ4v) is 2.20. The van der Waals surface area contributed by atoms with Crippen LogP contribution in [0.2, 0.25) is 0 Å². The molecular weight excluding hydrogens is 244 g/mol. The molecule has 0 spiro atoms. The van der Waals surface area contributed by atoms with Gasteiger partial charge in [0.1, 0.15) is 0 Å². The summed E-state index contributed by atoms with van der Waals surface area (Å²) in [5.74, 6) is -0.838. The maximum atomic E-state index is 12.0. The highest BCUT2D eigenvalue weighted by Crippen LogP contribution is 2.30. The molecule has 2 N–H and O–H groups in total. The van der Waals surface area contributed by atoms with Gasteiger partial charge in [-0.3, -0.25) is 4.79 Å². The summed E-state index contributed by atoms with van der Waals surface area (Å²) in [6, 6.07) is -0.179. The van der Waals surface area contributed by atoms with Crippen molar-refractivity contribution in [3.63, 3.8) is 0 Å². The molecule has 0 radical (unpaired) electrons. The molecule has 0 aromatic heterocycles. The summed E-state index contributed by atoms with van der Waals surface area (Å²) in [4.78, 5) is 24.7. The largest absolute Gasteiger partial charge is 0.481 e. The van der Waals surface area contributed by atoms with Crippen molar-refractivity contribution in [3.8, 4) is 0 Å². The van der Waals surface area contributed by atoms with Crippen molar-refractivity contribution in [1.29, 1.82) is 0 Å². The van der Waals surface area contributed by atoms with Gasteiger partial charge in [-0.25, -0.2) is 4.79 Å². The molecule has 0 saturated carbocycles. The Hall–Kier alpha value is -1.52. The summed E-state index contributed by atoms with van der Waals surface area (Å²) in [7, 11) is 0. The number of rotatable bonds is 5. The highest BCUT2D eigenvalue weighted by Gasteiger charge is 2.42. The SMILES string of the molecule is C=CCC(C)(C)CNC(=O)N1CCC(C)(C(=O)O)C1. The number of urea groups is 1. The Morgan fingerprint density at radius 3 is 2.63 bits per heavy atom. The van der Waals surface area contributed by atoms with E-state index in [9.17, 15) is 9.59 Å². The van der Waals surface area contributed by atoms with E-state index in [1.165, 1.54) is 0 Å². The summed E-state index contributed by atoms with van der Waals surface area (Å²) < 4.78 is 0. The third-order valence-electron chi connectivity index (χ3n) is 3.69. The van der Waals surface area contributed by atoms with Crippen LogP contribution in [0.15, 0.2) is 12.7 Å². The second-order valence-electron chi connectivity index (χ2n) is 6.35. The molecular formula is C14H24N2O3. The fraction of sp³-hybridized carbons (Fsp3) is 0.714. The van der Waals surface area contributed by atoms with Gasteiger partial charge < -0.3 is 15.3 Å². The first-order valence-corrected chi connectivity index (χ1v) is 6.57. The third kappa shape index (κ3) is 3.98. The van der Waals surface area contributed by atoms with Gasteiger partial charge in [-0.05, 0) is 25.2 Å². The highest BCUT2D eigenvalue weighted by atomic mass is 16.4. The predicted octanol–water partition coefficient (Wildman–Crippen LogP) is 2.09. The zero-order valence-electron chi connectivity index (χ0n) is 12.0. The second-order valence-corrected chi connectivity index (χ2v) is 6.35. The van der Waals surface area contributed by atoms with Crippen LogP contribution in [0.3, 0.4) is 0 Å². The molecule has 1 aliphatic rings. The molecule has 1 rings (SSSR count). The molecule has 108 valence electrons. The average Bonchev–Trinajstić information content (AvgIpc) is 2.70. The van der Waals surface area contributed by atoms with Gasteiger partial charge in [0, 0.05) is 19.6 Å². The predicted molar refractivity (Wildman–Crippen MR) is 73.9 cm³/mol. The molecule has 1 unspecified atom stereocenters. The van der Waals surface area contributed by atoms with Crippen molar-refractivity contribution in [3.05, 3.63) is 12.7 Å². The number of hydrogen-bond acceptors (Lipinski definition) is 2. The molecule has 0 bridgehead atoms. The zero-order chi connectivity index (χ0) is 14.7. The molecule has 1 saturated heterocycles. The molecule has 1 heterocycles. The van der Waals surface area contributed by atoms with Crippen LogP contribution in [-0.4, -0.2) is 41.6 Å². The Morgan fingerprint density at radius 2 is 2.16 bits per heavy atom. The number of amides is 2. The molecule has 19 heavy (non-hydrogen) atoms. The lowest BCUT2D eigenvalue weighted by Crippen LogP contribution is -2.43. The number of allylic oxidation sites excluding steroid dienone is 1. The normalized spacial score (nSPS) is 23.2. The van der Waals surface area contributed by atoms with Crippen molar-refractivity contribution in [1.82, 2.24) is 10.2 Å². The van der Waals surface area contributed by atoms with Crippen LogP contribution in [0.25, 0.3) is 0 Å². The Morgan fingerprint density at radius 1 is 1.53 bits per heavy atom.